The van der Waals surface area contributed by atoms with Crippen molar-refractivity contribution in [2.75, 3.05) is 5.32 Å². The Bertz CT molecular complexity index is 985. The van der Waals surface area contributed by atoms with Gasteiger partial charge in [0, 0.05) is 14.9 Å². The molecule has 0 saturated heterocycles. The third-order valence-electron chi connectivity index (χ3n) is 3.16. The van der Waals surface area contributed by atoms with Crippen molar-refractivity contribution in [2.24, 2.45) is 0 Å². The molecule has 0 aliphatic heterocycles. The molecule has 0 aliphatic rings. The molecule has 7 heteroatoms. The zero-order valence-corrected chi connectivity index (χ0v) is 14.6. The molecule has 3 rings (SSSR count). The number of anilines is 1. The minimum atomic E-state index is -0.479. The summed E-state index contributed by atoms with van der Waals surface area (Å²) in [6, 6.07) is 11.7. The van der Waals surface area contributed by atoms with Crippen LogP contribution in [0.4, 0.5) is 5.69 Å². The van der Waals surface area contributed by atoms with Gasteiger partial charge in [0.1, 0.15) is 11.1 Å². The number of benzene rings is 2. The summed E-state index contributed by atoms with van der Waals surface area (Å²) in [7, 11) is 0. The summed E-state index contributed by atoms with van der Waals surface area (Å²) < 4.78 is 6.24. The molecule has 0 aliphatic carbocycles. The monoisotopic (exact) mass is 410 g/mol. The molecule has 1 heterocycles. The molecule has 1 amide bonds. The molecule has 2 N–H and O–H groups in total. The van der Waals surface area contributed by atoms with E-state index in [-0.39, 0.29) is 11.1 Å². The first-order valence-electron chi connectivity index (χ1n) is 6.48. The smallest absolute Gasteiger partial charge is 0.261 e. The summed E-state index contributed by atoms with van der Waals surface area (Å²) in [4.78, 5) is 12.4. The molecule has 0 saturated carbocycles. The van der Waals surface area contributed by atoms with Crippen LogP contribution in [-0.4, -0.2) is 5.91 Å². The quantitative estimate of drug-likeness (QED) is 0.605. The van der Waals surface area contributed by atoms with Crippen molar-refractivity contribution in [3.8, 4) is 0 Å². The maximum atomic E-state index is 12.4. The van der Waals surface area contributed by atoms with E-state index in [4.69, 9.17) is 33.0 Å². The number of carbonyl (C=O) groups is 1. The first kappa shape index (κ1) is 16.1. The number of amides is 1. The molecule has 0 fully saturated rings. The van der Waals surface area contributed by atoms with Crippen LogP contribution in [0.25, 0.3) is 11.0 Å². The van der Waals surface area contributed by atoms with Crippen LogP contribution in [-0.2, 0) is 0 Å². The SMILES string of the molecule is N=c1oc2cc(Br)ccc2cc1C(=O)Nc1ccc(Cl)cc1Cl. The molecule has 0 bridgehead atoms. The third kappa shape index (κ3) is 3.42. The maximum absolute atomic E-state index is 12.4. The predicted octanol–water partition coefficient (Wildman–Crippen LogP) is 5.23. The van der Waals surface area contributed by atoms with Crippen molar-refractivity contribution >= 4 is 61.7 Å². The Morgan fingerprint density at radius 3 is 2.65 bits per heavy atom. The van der Waals surface area contributed by atoms with Gasteiger partial charge in [0.05, 0.1) is 10.7 Å². The van der Waals surface area contributed by atoms with Gasteiger partial charge in [0.15, 0.2) is 0 Å². The van der Waals surface area contributed by atoms with Crippen LogP contribution < -0.4 is 10.9 Å². The summed E-state index contributed by atoms with van der Waals surface area (Å²) in [6.45, 7) is 0. The summed E-state index contributed by atoms with van der Waals surface area (Å²) in [6.07, 6.45) is 0. The van der Waals surface area contributed by atoms with E-state index in [0.717, 1.165) is 9.86 Å². The molecule has 2 aromatic carbocycles. The lowest BCUT2D eigenvalue weighted by molar-refractivity contribution is 0.102. The van der Waals surface area contributed by atoms with Gasteiger partial charge in [-0.25, -0.2) is 0 Å². The highest BCUT2D eigenvalue weighted by atomic mass is 79.9. The second-order valence-electron chi connectivity index (χ2n) is 4.75. The highest BCUT2D eigenvalue weighted by Crippen LogP contribution is 2.26. The van der Waals surface area contributed by atoms with E-state index < -0.39 is 5.91 Å². The van der Waals surface area contributed by atoms with Crippen molar-refractivity contribution < 1.29 is 9.21 Å². The standard InChI is InChI=1S/C16H9BrCl2N2O2/c17-9-2-1-8-5-11(15(20)23-14(8)6-9)16(22)21-13-4-3-10(18)7-12(13)19/h1-7,20H,(H,21,22). The minimum Gasteiger partial charge on any atom is -0.438 e. The minimum absolute atomic E-state index is 0.117. The average molecular weight is 412 g/mol. The molecule has 4 nitrogen and oxygen atoms in total. The van der Waals surface area contributed by atoms with E-state index in [9.17, 15) is 4.79 Å². The van der Waals surface area contributed by atoms with Gasteiger partial charge < -0.3 is 9.73 Å². The first-order chi connectivity index (χ1) is 10.9. The molecule has 1 aromatic heterocycles. The van der Waals surface area contributed by atoms with Crippen molar-refractivity contribution in [3.63, 3.8) is 0 Å². The van der Waals surface area contributed by atoms with Crippen molar-refractivity contribution in [3.05, 3.63) is 68.1 Å². The molecular weight excluding hydrogens is 403 g/mol. The zero-order chi connectivity index (χ0) is 16.6. The highest BCUT2D eigenvalue weighted by Gasteiger charge is 2.13. The van der Waals surface area contributed by atoms with Gasteiger partial charge in [-0.2, -0.15) is 0 Å². The van der Waals surface area contributed by atoms with Crippen LogP contribution in [0.1, 0.15) is 10.4 Å². The van der Waals surface area contributed by atoms with Crippen LogP contribution in [0, 0.1) is 5.41 Å². The Labute approximate surface area is 149 Å². The van der Waals surface area contributed by atoms with Gasteiger partial charge in [0.25, 0.3) is 5.91 Å². The fourth-order valence-corrected chi connectivity index (χ4v) is 2.85. The normalized spacial score (nSPS) is 10.7. The van der Waals surface area contributed by atoms with E-state index in [0.29, 0.717) is 21.3 Å². The lowest BCUT2D eigenvalue weighted by Crippen LogP contribution is -2.21. The molecule has 3 aromatic rings. The van der Waals surface area contributed by atoms with Crippen LogP contribution in [0.3, 0.4) is 0 Å². The van der Waals surface area contributed by atoms with Gasteiger partial charge in [-0.1, -0.05) is 45.2 Å². The Hall–Kier alpha value is -1.82. The van der Waals surface area contributed by atoms with E-state index in [1.807, 2.05) is 6.07 Å². The van der Waals surface area contributed by atoms with Gasteiger partial charge >= 0.3 is 0 Å². The van der Waals surface area contributed by atoms with Gasteiger partial charge in [0.2, 0.25) is 5.55 Å². The Morgan fingerprint density at radius 2 is 1.91 bits per heavy atom. The van der Waals surface area contributed by atoms with E-state index in [1.165, 1.54) is 6.07 Å². The second kappa shape index (κ2) is 6.35. The third-order valence-corrected chi connectivity index (χ3v) is 4.20. The van der Waals surface area contributed by atoms with Crippen LogP contribution in [0.2, 0.25) is 10.0 Å². The van der Waals surface area contributed by atoms with E-state index in [2.05, 4.69) is 21.2 Å². The van der Waals surface area contributed by atoms with Crippen LogP contribution >= 0.6 is 39.1 Å². The molecular formula is C16H9BrCl2N2O2. The summed E-state index contributed by atoms with van der Waals surface area (Å²) in [5.74, 6) is -0.479. The molecule has 0 atom stereocenters. The summed E-state index contributed by atoms with van der Waals surface area (Å²) in [5.41, 5.74) is 0.825. The largest absolute Gasteiger partial charge is 0.438 e. The van der Waals surface area contributed by atoms with Crippen molar-refractivity contribution in [1.29, 1.82) is 5.41 Å². The maximum Gasteiger partial charge on any atom is 0.261 e. The number of hydrogen-bond acceptors (Lipinski definition) is 3. The first-order valence-corrected chi connectivity index (χ1v) is 8.03. The number of hydrogen-bond donors (Lipinski definition) is 2. The summed E-state index contributed by atoms with van der Waals surface area (Å²) >= 11 is 15.2. The lowest BCUT2D eigenvalue weighted by Gasteiger charge is -2.08. The van der Waals surface area contributed by atoms with Gasteiger partial charge in [-0.3, -0.25) is 10.2 Å². The molecule has 0 unspecified atom stereocenters. The number of carbonyl (C=O) groups excluding carboxylic acids is 1. The molecule has 0 spiro atoms. The number of halogens is 3. The zero-order valence-electron chi connectivity index (χ0n) is 11.5. The van der Waals surface area contributed by atoms with E-state index >= 15 is 0 Å². The number of nitrogens with one attached hydrogen (secondary N) is 2. The Morgan fingerprint density at radius 1 is 1.13 bits per heavy atom. The molecule has 23 heavy (non-hydrogen) atoms. The number of rotatable bonds is 2. The Kier molecular flexibility index (Phi) is 4.43. The average Bonchev–Trinajstić information content (AvgIpc) is 2.49. The van der Waals surface area contributed by atoms with E-state index in [1.54, 1.807) is 30.3 Å². The highest BCUT2D eigenvalue weighted by molar-refractivity contribution is 9.10. The Balaban J connectivity index is 1.99. The van der Waals surface area contributed by atoms with Gasteiger partial charge in [-0.15, -0.1) is 0 Å². The molecule has 0 radical (unpaired) electrons. The van der Waals surface area contributed by atoms with Crippen LogP contribution in [0.5, 0.6) is 0 Å². The van der Waals surface area contributed by atoms with Crippen molar-refractivity contribution in [2.45, 2.75) is 0 Å². The van der Waals surface area contributed by atoms with Crippen LogP contribution in [0.15, 0.2) is 51.4 Å². The predicted molar refractivity (Wildman–Crippen MR) is 94.2 cm³/mol. The summed E-state index contributed by atoms with van der Waals surface area (Å²) in [5, 5.41) is 12.1. The fourth-order valence-electron chi connectivity index (χ4n) is 2.05. The fraction of sp³-hybridized carbons (Fsp3) is 0. The number of fused-ring (bicyclic) bond motifs is 1. The van der Waals surface area contributed by atoms with Gasteiger partial charge in [-0.05, 0) is 36.4 Å². The second-order valence-corrected chi connectivity index (χ2v) is 6.51. The lowest BCUT2D eigenvalue weighted by atomic mass is 10.1. The topological polar surface area (TPSA) is 66.1 Å². The van der Waals surface area contributed by atoms with Crippen molar-refractivity contribution in [1.82, 2.24) is 0 Å². The molecule has 116 valence electrons.